The average molecular weight is 363 g/mol. The molecule has 0 aliphatic carbocycles. The molecular weight excluding hydrogens is 349 g/mol. The maximum atomic E-state index is 6.17. The van der Waals surface area contributed by atoms with Crippen molar-refractivity contribution in [1.82, 2.24) is 9.78 Å². The van der Waals surface area contributed by atoms with Crippen LogP contribution in [0, 0.1) is 0 Å². The number of nitrogens with zero attached hydrogens (tertiary/aromatic N) is 2. The minimum atomic E-state index is 0.595. The van der Waals surface area contributed by atoms with Crippen LogP contribution in [0.4, 0.5) is 5.69 Å². The molecule has 0 aliphatic rings. The lowest BCUT2D eigenvalue weighted by Gasteiger charge is -2.11. The fourth-order valence-corrected chi connectivity index (χ4v) is 3.14. The van der Waals surface area contributed by atoms with Gasteiger partial charge in [-0.25, -0.2) is 0 Å². The molecule has 19 heavy (non-hydrogen) atoms. The number of hydrogen-bond acceptors (Lipinski definition) is 2. The maximum absolute atomic E-state index is 6.17. The lowest BCUT2D eigenvalue weighted by atomic mass is 10.3. The molecule has 6 heteroatoms. The number of benzene rings is 1. The highest BCUT2D eigenvalue weighted by Crippen LogP contribution is 2.34. The van der Waals surface area contributed by atoms with Gasteiger partial charge < -0.3 is 5.32 Å². The summed E-state index contributed by atoms with van der Waals surface area (Å²) in [4.78, 5) is 0. The Hall–Kier alpha value is -0.710. The van der Waals surface area contributed by atoms with Crippen molar-refractivity contribution in [3.05, 3.63) is 44.1 Å². The molecule has 102 valence electrons. The van der Waals surface area contributed by atoms with E-state index >= 15 is 0 Å². The fraction of sp³-hybridized carbons (Fsp3) is 0.308. The number of hydrogen-bond donors (Lipinski definition) is 1. The van der Waals surface area contributed by atoms with Crippen molar-refractivity contribution in [3.63, 3.8) is 0 Å². The van der Waals surface area contributed by atoms with Gasteiger partial charge in [-0.15, -0.1) is 0 Å². The molecule has 0 amide bonds. The molecule has 0 unspecified atom stereocenters. The Morgan fingerprint density at radius 1 is 1.26 bits per heavy atom. The van der Waals surface area contributed by atoms with Crippen molar-refractivity contribution in [2.45, 2.75) is 19.9 Å². The van der Waals surface area contributed by atoms with E-state index in [-0.39, 0.29) is 0 Å². The maximum Gasteiger partial charge on any atom is 0.0722 e. The lowest BCUT2D eigenvalue weighted by Crippen LogP contribution is -2.06. The van der Waals surface area contributed by atoms with Crippen molar-refractivity contribution < 1.29 is 0 Å². The monoisotopic (exact) mass is 361 g/mol. The molecule has 0 saturated carbocycles. The molecule has 1 N–H and O–H groups in total. The zero-order valence-electron chi connectivity index (χ0n) is 10.7. The summed E-state index contributed by atoms with van der Waals surface area (Å²) in [6, 6.07) is 5.71. The Morgan fingerprint density at radius 2 is 1.89 bits per heavy atom. The van der Waals surface area contributed by atoms with Crippen molar-refractivity contribution in [2.24, 2.45) is 7.05 Å². The van der Waals surface area contributed by atoms with Crippen LogP contribution in [0.2, 0.25) is 10.0 Å². The molecule has 0 atom stereocenters. The molecule has 1 aromatic heterocycles. The minimum absolute atomic E-state index is 0.595. The number of rotatable bonds is 4. The predicted octanol–water partition coefficient (Wildman–Crippen LogP) is 4.66. The number of aryl methyl sites for hydroxylation is 2. The second-order valence-electron chi connectivity index (χ2n) is 4.20. The van der Waals surface area contributed by atoms with Crippen molar-refractivity contribution in [2.75, 3.05) is 5.32 Å². The second kappa shape index (κ2) is 6.16. The summed E-state index contributed by atoms with van der Waals surface area (Å²) >= 11 is 15.7. The topological polar surface area (TPSA) is 29.9 Å². The zero-order valence-corrected chi connectivity index (χ0v) is 13.8. The summed E-state index contributed by atoms with van der Waals surface area (Å²) in [6.45, 7) is 2.71. The van der Waals surface area contributed by atoms with E-state index in [1.807, 2.05) is 23.9 Å². The van der Waals surface area contributed by atoms with Gasteiger partial charge in [-0.05, 0) is 24.6 Å². The molecular formula is C13H14BrCl2N3. The summed E-state index contributed by atoms with van der Waals surface area (Å²) in [5.74, 6) is 0. The van der Waals surface area contributed by atoms with Crippen molar-refractivity contribution in [1.29, 1.82) is 0 Å². The Morgan fingerprint density at radius 3 is 2.42 bits per heavy atom. The van der Waals surface area contributed by atoms with Gasteiger partial charge in [0.15, 0.2) is 0 Å². The molecule has 0 saturated heterocycles. The molecule has 2 aromatic rings. The molecule has 1 heterocycles. The average Bonchev–Trinajstić information content (AvgIpc) is 2.69. The zero-order chi connectivity index (χ0) is 14.0. The first-order valence-electron chi connectivity index (χ1n) is 5.91. The predicted molar refractivity (Wildman–Crippen MR) is 84.1 cm³/mol. The standard InChI is InChI=1S/C13H14BrCl2N3/c1-3-9-6-10(19(2)18-9)7-17-13-11(15)4-8(14)5-12(13)16/h4-6,17H,3,7H2,1-2H3. The molecule has 0 radical (unpaired) electrons. The third-order valence-corrected chi connectivity index (χ3v) is 3.90. The summed E-state index contributed by atoms with van der Waals surface area (Å²) < 4.78 is 2.73. The third-order valence-electron chi connectivity index (χ3n) is 2.84. The van der Waals surface area contributed by atoms with Crippen LogP contribution in [0.5, 0.6) is 0 Å². The summed E-state index contributed by atoms with van der Waals surface area (Å²) in [5.41, 5.74) is 2.91. The fourth-order valence-electron chi connectivity index (χ4n) is 1.80. The quantitative estimate of drug-likeness (QED) is 0.856. The van der Waals surface area contributed by atoms with Gasteiger partial charge >= 0.3 is 0 Å². The van der Waals surface area contributed by atoms with Crippen LogP contribution in [-0.4, -0.2) is 9.78 Å². The Balaban J connectivity index is 2.16. The van der Waals surface area contributed by atoms with Crippen LogP contribution in [0.1, 0.15) is 18.3 Å². The van der Waals surface area contributed by atoms with E-state index in [9.17, 15) is 0 Å². The SMILES string of the molecule is CCc1cc(CNc2c(Cl)cc(Br)cc2Cl)n(C)n1. The summed E-state index contributed by atoms with van der Waals surface area (Å²) in [5, 5.41) is 8.85. The molecule has 0 bridgehead atoms. The summed E-state index contributed by atoms with van der Waals surface area (Å²) in [7, 11) is 1.93. The number of anilines is 1. The first-order chi connectivity index (χ1) is 9.01. The van der Waals surface area contributed by atoms with Crippen LogP contribution in [0.25, 0.3) is 0 Å². The van der Waals surface area contributed by atoms with Gasteiger partial charge in [-0.3, -0.25) is 4.68 Å². The van der Waals surface area contributed by atoms with E-state index in [0.717, 1.165) is 28.0 Å². The van der Waals surface area contributed by atoms with E-state index in [2.05, 4.69) is 39.3 Å². The van der Waals surface area contributed by atoms with Crippen LogP contribution < -0.4 is 5.32 Å². The van der Waals surface area contributed by atoms with Crippen LogP contribution >= 0.6 is 39.1 Å². The third kappa shape index (κ3) is 3.44. The smallest absolute Gasteiger partial charge is 0.0722 e. The lowest BCUT2D eigenvalue weighted by molar-refractivity contribution is 0.707. The van der Waals surface area contributed by atoms with Gasteiger partial charge in [0.05, 0.1) is 33.7 Å². The van der Waals surface area contributed by atoms with E-state index in [1.165, 1.54) is 0 Å². The molecule has 1 aromatic carbocycles. The van der Waals surface area contributed by atoms with E-state index in [1.54, 1.807) is 0 Å². The van der Waals surface area contributed by atoms with Crippen LogP contribution in [0.3, 0.4) is 0 Å². The van der Waals surface area contributed by atoms with Crippen molar-refractivity contribution >= 4 is 44.8 Å². The molecule has 0 spiro atoms. The normalized spacial score (nSPS) is 10.8. The summed E-state index contributed by atoms with van der Waals surface area (Å²) in [6.07, 6.45) is 0.924. The molecule has 2 rings (SSSR count). The molecule has 0 aliphatic heterocycles. The molecule has 3 nitrogen and oxygen atoms in total. The number of aromatic nitrogens is 2. The minimum Gasteiger partial charge on any atom is -0.377 e. The van der Waals surface area contributed by atoms with Gasteiger partial charge in [-0.2, -0.15) is 5.10 Å². The Bertz CT molecular complexity index is 573. The van der Waals surface area contributed by atoms with Gasteiger partial charge in [0.2, 0.25) is 0 Å². The second-order valence-corrected chi connectivity index (χ2v) is 5.93. The highest BCUT2D eigenvalue weighted by Gasteiger charge is 2.09. The van der Waals surface area contributed by atoms with Crippen molar-refractivity contribution in [3.8, 4) is 0 Å². The van der Waals surface area contributed by atoms with Gasteiger partial charge in [0, 0.05) is 11.5 Å². The first kappa shape index (κ1) is 14.7. The van der Waals surface area contributed by atoms with E-state index in [4.69, 9.17) is 23.2 Å². The highest BCUT2D eigenvalue weighted by atomic mass is 79.9. The van der Waals surface area contributed by atoms with Gasteiger partial charge in [0.25, 0.3) is 0 Å². The number of nitrogens with one attached hydrogen (secondary N) is 1. The molecule has 0 fully saturated rings. The highest BCUT2D eigenvalue weighted by molar-refractivity contribution is 9.10. The van der Waals surface area contributed by atoms with Crippen LogP contribution in [0.15, 0.2) is 22.7 Å². The first-order valence-corrected chi connectivity index (χ1v) is 7.46. The Kier molecular flexibility index (Phi) is 4.76. The largest absolute Gasteiger partial charge is 0.377 e. The van der Waals surface area contributed by atoms with E-state index < -0.39 is 0 Å². The van der Waals surface area contributed by atoms with Gasteiger partial charge in [-0.1, -0.05) is 46.1 Å². The van der Waals surface area contributed by atoms with Crippen LogP contribution in [-0.2, 0) is 20.0 Å². The number of halogens is 3. The Labute approximate surface area is 131 Å². The van der Waals surface area contributed by atoms with E-state index in [0.29, 0.717) is 16.6 Å². The van der Waals surface area contributed by atoms with Gasteiger partial charge in [0.1, 0.15) is 0 Å².